The van der Waals surface area contributed by atoms with Gasteiger partial charge in [0.25, 0.3) is 0 Å². The van der Waals surface area contributed by atoms with Gasteiger partial charge in [0.15, 0.2) is 0 Å². The Morgan fingerprint density at radius 1 is 1.03 bits per heavy atom. The molecule has 8 nitrogen and oxygen atoms in total. The molecule has 9 heteroatoms. The van der Waals surface area contributed by atoms with Gasteiger partial charge in [-0.15, -0.1) is 0 Å². The van der Waals surface area contributed by atoms with Gasteiger partial charge in [0.1, 0.15) is 11.4 Å². The van der Waals surface area contributed by atoms with Gasteiger partial charge in [0.2, 0.25) is 5.91 Å². The smallest absolute Gasteiger partial charge is 0.225 e. The van der Waals surface area contributed by atoms with Gasteiger partial charge in [-0.1, -0.05) is 23.7 Å². The first kappa shape index (κ1) is 25.9. The number of rotatable bonds is 8. The van der Waals surface area contributed by atoms with E-state index in [4.69, 9.17) is 21.4 Å². The minimum absolute atomic E-state index is 0.00738. The lowest BCUT2D eigenvalue weighted by molar-refractivity contribution is -0.116. The summed E-state index contributed by atoms with van der Waals surface area (Å²) in [6, 6.07) is 17.3. The van der Waals surface area contributed by atoms with E-state index >= 15 is 0 Å². The largest absolute Gasteiger partial charge is 0.495 e. The summed E-state index contributed by atoms with van der Waals surface area (Å²) in [5.41, 5.74) is 5.17. The molecule has 196 valence electrons. The fourth-order valence-corrected chi connectivity index (χ4v) is 4.74. The maximum Gasteiger partial charge on any atom is 0.225 e. The van der Waals surface area contributed by atoms with Gasteiger partial charge < -0.3 is 19.9 Å². The van der Waals surface area contributed by atoms with Gasteiger partial charge in [-0.3, -0.25) is 9.78 Å². The Balaban J connectivity index is 1.38. The number of hydrogen-bond acceptors (Lipinski definition) is 6. The zero-order valence-corrected chi connectivity index (χ0v) is 22.4. The van der Waals surface area contributed by atoms with Crippen molar-refractivity contribution in [1.82, 2.24) is 24.6 Å². The van der Waals surface area contributed by atoms with Crippen LogP contribution in [-0.2, 0) is 4.79 Å². The van der Waals surface area contributed by atoms with Crippen molar-refractivity contribution in [3.63, 3.8) is 0 Å². The van der Waals surface area contributed by atoms with Crippen LogP contribution >= 0.6 is 11.6 Å². The highest BCUT2D eigenvalue weighted by Gasteiger charge is 2.17. The molecule has 0 spiro atoms. The normalized spacial score (nSPS) is 14.4. The number of ether oxygens (including phenoxy) is 1. The summed E-state index contributed by atoms with van der Waals surface area (Å²) in [6.07, 6.45) is 5.97. The van der Waals surface area contributed by atoms with Crippen molar-refractivity contribution in [2.45, 2.75) is 6.42 Å². The summed E-state index contributed by atoms with van der Waals surface area (Å²) < 4.78 is 7.26. The number of benzene rings is 2. The molecule has 0 bridgehead atoms. The number of anilines is 1. The number of nitrogens with one attached hydrogen (secondary N) is 1. The molecule has 4 aromatic rings. The second-order valence-corrected chi connectivity index (χ2v) is 9.82. The highest BCUT2D eigenvalue weighted by atomic mass is 35.5. The molecule has 3 heterocycles. The van der Waals surface area contributed by atoms with Crippen molar-refractivity contribution in [3.05, 3.63) is 78.2 Å². The minimum Gasteiger partial charge on any atom is -0.495 e. The monoisotopic (exact) mass is 530 g/mol. The van der Waals surface area contributed by atoms with Crippen molar-refractivity contribution in [1.29, 1.82) is 0 Å². The zero-order valence-electron chi connectivity index (χ0n) is 21.6. The quantitative estimate of drug-likeness (QED) is 0.351. The topological polar surface area (TPSA) is 75.5 Å². The van der Waals surface area contributed by atoms with Crippen LogP contribution in [0.15, 0.2) is 73.2 Å². The molecule has 1 N–H and O–H groups in total. The number of nitrogens with zero attached hydrogens (tertiary/aromatic N) is 5. The number of amides is 1. The van der Waals surface area contributed by atoms with Crippen molar-refractivity contribution < 1.29 is 9.53 Å². The summed E-state index contributed by atoms with van der Waals surface area (Å²) in [6.45, 7) is 4.85. The third-order valence-corrected chi connectivity index (χ3v) is 7.09. The van der Waals surface area contributed by atoms with Crippen LogP contribution < -0.4 is 10.1 Å². The van der Waals surface area contributed by atoms with E-state index in [1.807, 2.05) is 65.5 Å². The van der Waals surface area contributed by atoms with Crippen molar-refractivity contribution >= 4 is 23.2 Å². The zero-order chi connectivity index (χ0) is 26.5. The summed E-state index contributed by atoms with van der Waals surface area (Å²) in [7, 11) is 3.73. The van der Waals surface area contributed by atoms with Crippen LogP contribution in [0.25, 0.3) is 28.1 Å². The van der Waals surface area contributed by atoms with Gasteiger partial charge >= 0.3 is 0 Å². The van der Waals surface area contributed by atoms with Crippen LogP contribution in [0.4, 0.5) is 5.69 Å². The number of aromatic nitrogens is 3. The number of piperazine rings is 1. The second-order valence-electron chi connectivity index (χ2n) is 9.41. The van der Waals surface area contributed by atoms with Crippen LogP contribution in [0.5, 0.6) is 5.75 Å². The Morgan fingerprint density at radius 3 is 2.58 bits per heavy atom. The number of halogens is 1. The lowest BCUT2D eigenvalue weighted by atomic mass is 10.0. The number of carbonyl (C=O) groups excluding carboxylic acids is 1. The second kappa shape index (κ2) is 11.8. The summed E-state index contributed by atoms with van der Waals surface area (Å²) in [5.74, 6) is 0.591. The SMILES string of the molecule is COc1cc(-c2nn(-c3cccc(NC(=O)CCN4CCN(C)CC4)c3)cc2-c2ccncc2)ccc1Cl. The fraction of sp³-hybridized carbons (Fsp3) is 0.276. The highest BCUT2D eigenvalue weighted by molar-refractivity contribution is 6.32. The average Bonchev–Trinajstić information content (AvgIpc) is 3.39. The van der Waals surface area contributed by atoms with E-state index in [1.54, 1.807) is 19.5 Å². The van der Waals surface area contributed by atoms with Crippen LogP contribution in [0.2, 0.25) is 5.02 Å². The van der Waals surface area contributed by atoms with E-state index in [1.165, 1.54) is 0 Å². The Labute approximate surface area is 227 Å². The molecular formula is C29H31ClN6O2. The first-order valence-corrected chi connectivity index (χ1v) is 13.0. The summed E-state index contributed by atoms with van der Waals surface area (Å²) in [4.78, 5) is 21.5. The molecule has 1 amide bonds. The highest BCUT2D eigenvalue weighted by Crippen LogP contribution is 2.36. The van der Waals surface area contributed by atoms with Crippen LogP contribution in [-0.4, -0.2) is 77.4 Å². The molecule has 0 unspecified atom stereocenters. The number of hydrogen-bond donors (Lipinski definition) is 1. The first-order valence-electron chi connectivity index (χ1n) is 12.7. The number of carbonyl (C=O) groups is 1. The van der Waals surface area contributed by atoms with Crippen molar-refractivity contribution in [3.8, 4) is 33.8 Å². The van der Waals surface area contributed by atoms with Crippen molar-refractivity contribution in [2.75, 3.05) is 52.2 Å². The summed E-state index contributed by atoms with van der Waals surface area (Å²) in [5, 5.41) is 8.52. The Morgan fingerprint density at radius 2 is 1.82 bits per heavy atom. The van der Waals surface area contributed by atoms with E-state index in [0.717, 1.165) is 66.5 Å². The molecule has 1 saturated heterocycles. The molecule has 0 saturated carbocycles. The maximum absolute atomic E-state index is 12.7. The van der Waals surface area contributed by atoms with E-state index in [0.29, 0.717) is 17.2 Å². The predicted molar refractivity (Wildman–Crippen MR) is 151 cm³/mol. The Bertz CT molecular complexity index is 1400. The van der Waals surface area contributed by atoms with Crippen LogP contribution in [0.3, 0.4) is 0 Å². The molecular weight excluding hydrogens is 500 g/mol. The third-order valence-electron chi connectivity index (χ3n) is 6.78. The Kier molecular flexibility index (Phi) is 8.03. The van der Waals surface area contributed by atoms with Crippen LogP contribution in [0, 0.1) is 0 Å². The molecule has 2 aromatic carbocycles. The fourth-order valence-electron chi connectivity index (χ4n) is 4.55. The van der Waals surface area contributed by atoms with Gasteiger partial charge in [-0.05, 0) is 55.1 Å². The number of pyridine rings is 1. The third kappa shape index (κ3) is 6.05. The standard InChI is InChI=1S/C29H31ClN6O2/c1-34-14-16-35(17-15-34)13-10-28(37)32-23-4-3-5-24(19-23)36-20-25(21-8-11-31-12-9-21)29(33-36)22-6-7-26(30)27(18-22)38-2/h3-9,11-12,18-20H,10,13-17H2,1-2H3,(H,32,37). The van der Waals surface area contributed by atoms with E-state index < -0.39 is 0 Å². The van der Waals surface area contributed by atoms with Crippen molar-refractivity contribution in [2.24, 2.45) is 0 Å². The molecule has 0 atom stereocenters. The number of methoxy groups -OCH3 is 1. The molecule has 1 aliphatic heterocycles. The van der Waals surface area contributed by atoms with E-state index in [9.17, 15) is 4.79 Å². The molecule has 5 rings (SSSR count). The molecule has 2 aromatic heterocycles. The van der Waals surface area contributed by atoms with Gasteiger partial charge in [0, 0.05) is 74.5 Å². The molecule has 0 radical (unpaired) electrons. The summed E-state index contributed by atoms with van der Waals surface area (Å²) >= 11 is 6.27. The van der Waals surface area contributed by atoms with Gasteiger partial charge in [-0.25, -0.2) is 4.68 Å². The van der Waals surface area contributed by atoms with Gasteiger partial charge in [-0.2, -0.15) is 5.10 Å². The number of likely N-dealkylation sites (N-methyl/N-ethyl adjacent to an activating group) is 1. The molecule has 0 aliphatic carbocycles. The minimum atomic E-state index is 0.00738. The van der Waals surface area contributed by atoms with Crippen LogP contribution in [0.1, 0.15) is 6.42 Å². The first-order chi connectivity index (χ1) is 18.5. The maximum atomic E-state index is 12.7. The lowest BCUT2D eigenvalue weighted by Crippen LogP contribution is -2.45. The average molecular weight is 531 g/mol. The molecule has 1 aliphatic rings. The van der Waals surface area contributed by atoms with E-state index in [2.05, 4.69) is 27.1 Å². The lowest BCUT2D eigenvalue weighted by Gasteiger charge is -2.32. The van der Waals surface area contributed by atoms with Gasteiger partial charge in [0.05, 0.1) is 17.8 Å². The van der Waals surface area contributed by atoms with E-state index in [-0.39, 0.29) is 5.91 Å². The predicted octanol–water partition coefficient (Wildman–Crippen LogP) is 4.84. The molecule has 38 heavy (non-hydrogen) atoms. The Hall–Kier alpha value is -3.72. The molecule has 1 fully saturated rings.